The molecule has 0 radical (unpaired) electrons. The first kappa shape index (κ1) is 38.2. The van der Waals surface area contributed by atoms with Gasteiger partial charge in [-0.3, -0.25) is 4.79 Å². The first-order valence-corrected chi connectivity index (χ1v) is 14.0. The normalized spacial score (nSPS) is 25.0. The van der Waals surface area contributed by atoms with Crippen LogP contribution in [0.4, 0.5) is 74.6 Å². The number of ketones is 1. The van der Waals surface area contributed by atoms with Gasteiger partial charge in [-0.05, 0) is 67.8 Å². The Morgan fingerprint density at radius 3 is 1.24 bits per heavy atom. The van der Waals surface area contributed by atoms with Gasteiger partial charge < -0.3 is 0 Å². The van der Waals surface area contributed by atoms with Crippen LogP contribution in [0.3, 0.4) is 0 Å². The Morgan fingerprint density at radius 1 is 0.500 bits per heavy atom. The number of Topliss-reactive ketones (excluding diaryl/α,β-unsaturated/α-hetero) is 1. The summed E-state index contributed by atoms with van der Waals surface area (Å²) in [6.45, 7) is 2.16. The minimum atomic E-state index is -8.73. The van der Waals surface area contributed by atoms with Crippen LogP contribution in [0.2, 0.25) is 0 Å². The second-order valence-electron chi connectivity index (χ2n) is 12.1. The summed E-state index contributed by atoms with van der Waals surface area (Å²) in [7, 11) is 0. The van der Waals surface area contributed by atoms with Gasteiger partial charge in [0.15, 0.2) is 0 Å². The van der Waals surface area contributed by atoms with Crippen molar-refractivity contribution in [2.24, 2.45) is 17.8 Å². The van der Waals surface area contributed by atoms with Gasteiger partial charge in [-0.15, -0.1) is 0 Å². The van der Waals surface area contributed by atoms with Gasteiger partial charge in [-0.2, -0.15) is 74.6 Å². The van der Waals surface area contributed by atoms with Crippen molar-refractivity contribution in [1.29, 1.82) is 0 Å². The molecule has 0 spiro atoms. The quantitative estimate of drug-likeness (QED) is 0.175. The van der Waals surface area contributed by atoms with Crippen molar-refractivity contribution in [3.8, 4) is 0 Å². The monoisotopic (exact) mass is 702 g/mol. The SMILES string of the molecule is C[C@H]1CC[C@H](C2CCC(c3ccc(C(=O)C(F)(F)C(F)(F)C(F)(F)C(F)(F)C(F)(F)C(F)(F)C(F)(F)C(F)(F)F)cc3)CC2)CC1. The Balaban J connectivity index is 1.82. The van der Waals surface area contributed by atoms with Gasteiger partial charge in [0, 0.05) is 5.56 Å². The van der Waals surface area contributed by atoms with Crippen LogP contribution in [0.5, 0.6) is 0 Å². The zero-order chi connectivity index (χ0) is 35.5. The fourth-order valence-corrected chi connectivity index (χ4v) is 6.08. The topological polar surface area (TPSA) is 17.1 Å². The average Bonchev–Trinajstić information content (AvgIpc) is 2.96. The van der Waals surface area contributed by atoms with E-state index >= 15 is 0 Å². The lowest BCUT2D eigenvalue weighted by atomic mass is 9.68. The zero-order valence-corrected chi connectivity index (χ0v) is 23.6. The van der Waals surface area contributed by atoms with E-state index in [0.717, 1.165) is 50.7 Å². The Hall–Kier alpha value is -2.30. The van der Waals surface area contributed by atoms with Crippen LogP contribution in [0.25, 0.3) is 0 Å². The van der Waals surface area contributed by atoms with Crippen molar-refractivity contribution in [2.45, 2.75) is 112 Å². The highest BCUT2D eigenvalue weighted by molar-refractivity contribution is 6.02. The Bertz CT molecular complexity index is 1220. The van der Waals surface area contributed by atoms with Crippen LogP contribution < -0.4 is 0 Å². The number of halogens is 17. The maximum atomic E-state index is 14.4. The second-order valence-corrected chi connectivity index (χ2v) is 12.1. The third-order valence-electron chi connectivity index (χ3n) is 9.15. The van der Waals surface area contributed by atoms with E-state index < -0.39 is 59.0 Å². The highest BCUT2D eigenvalue weighted by atomic mass is 19.4. The smallest absolute Gasteiger partial charge is 0.287 e. The fourth-order valence-electron chi connectivity index (χ4n) is 6.08. The molecular formula is C28H27F17O. The summed E-state index contributed by atoms with van der Waals surface area (Å²) < 4.78 is 230. The lowest BCUT2D eigenvalue weighted by Gasteiger charge is -2.42. The van der Waals surface area contributed by atoms with Gasteiger partial charge in [0.05, 0.1) is 0 Å². The molecule has 0 heterocycles. The minimum absolute atomic E-state index is 0.202. The summed E-state index contributed by atoms with van der Waals surface area (Å²) in [5.74, 6) is -59.9. The average molecular weight is 702 g/mol. The second kappa shape index (κ2) is 12.0. The highest BCUT2D eigenvalue weighted by Crippen LogP contribution is 2.64. The van der Waals surface area contributed by atoms with Crippen LogP contribution in [0, 0.1) is 17.8 Å². The van der Waals surface area contributed by atoms with Crippen molar-refractivity contribution in [3.05, 3.63) is 35.4 Å². The molecule has 1 aromatic rings. The van der Waals surface area contributed by atoms with Gasteiger partial charge in [0.1, 0.15) is 0 Å². The molecule has 0 bridgehead atoms. The Kier molecular flexibility index (Phi) is 9.94. The van der Waals surface area contributed by atoms with Crippen molar-refractivity contribution < 1.29 is 79.4 Å². The standard InChI is InChI=1S/C28H27F17O/c1-14-2-4-15(5-3-14)16-6-8-17(9-7-16)18-10-12-19(13-11-18)20(46)21(29,30)22(31,32)23(33,34)24(35,36)25(37,38)26(39,40)27(41,42)28(43,44)45/h10-17H,2-9H2,1H3/t14-,15-,16?,17?. The van der Waals surface area contributed by atoms with Crippen molar-refractivity contribution in [3.63, 3.8) is 0 Å². The van der Waals surface area contributed by atoms with Gasteiger partial charge in [-0.1, -0.05) is 44.0 Å². The highest BCUT2D eigenvalue weighted by Gasteiger charge is 2.95. The van der Waals surface area contributed by atoms with E-state index in [-0.39, 0.29) is 5.92 Å². The maximum Gasteiger partial charge on any atom is 0.460 e. The Labute approximate surface area is 250 Å². The summed E-state index contributed by atoms with van der Waals surface area (Å²) in [5, 5.41) is 0. The molecule has 2 aliphatic carbocycles. The first-order valence-electron chi connectivity index (χ1n) is 14.0. The molecular weight excluding hydrogens is 675 g/mol. The third-order valence-corrected chi connectivity index (χ3v) is 9.15. The van der Waals surface area contributed by atoms with Crippen molar-refractivity contribution >= 4 is 5.78 Å². The summed E-state index contributed by atoms with van der Waals surface area (Å²) in [6.07, 6.45) is -0.723. The summed E-state index contributed by atoms with van der Waals surface area (Å²) in [4.78, 5) is 12.1. The third kappa shape index (κ3) is 5.85. The number of rotatable bonds is 10. The molecule has 18 heteroatoms. The van der Waals surface area contributed by atoms with Crippen LogP contribution in [0.1, 0.15) is 80.1 Å². The van der Waals surface area contributed by atoms with E-state index in [9.17, 15) is 79.4 Å². The molecule has 2 fully saturated rings. The summed E-state index contributed by atoms with van der Waals surface area (Å²) in [5.41, 5.74) is -1.15. The molecule has 2 saturated carbocycles. The lowest BCUT2D eigenvalue weighted by molar-refractivity contribution is -0.459. The molecule has 0 aromatic heterocycles. The molecule has 2 aliphatic rings. The molecule has 0 aliphatic heterocycles. The van der Waals surface area contributed by atoms with E-state index in [1.807, 2.05) is 0 Å². The predicted molar refractivity (Wildman–Crippen MR) is 127 cm³/mol. The van der Waals surface area contributed by atoms with E-state index in [1.165, 1.54) is 0 Å². The van der Waals surface area contributed by atoms with Crippen LogP contribution in [-0.2, 0) is 0 Å². The molecule has 1 aromatic carbocycles. The van der Waals surface area contributed by atoms with Gasteiger partial charge >= 0.3 is 47.6 Å². The maximum absolute atomic E-state index is 14.4. The van der Waals surface area contributed by atoms with E-state index in [1.54, 1.807) is 0 Å². The van der Waals surface area contributed by atoms with E-state index in [4.69, 9.17) is 0 Å². The van der Waals surface area contributed by atoms with Crippen LogP contribution in [0.15, 0.2) is 24.3 Å². The molecule has 46 heavy (non-hydrogen) atoms. The molecule has 0 amide bonds. The van der Waals surface area contributed by atoms with Crippen molar-refractivity contribution in [1.82, 2.24) is 0 Å². The minimum Gasteiger partial charge on any atom is -0.287 e. The van der Waals surface area contributed by atoms with Gasteiger partial charge in [0.2, 0.25) is 5.78 Å². The number of hydrogen-bond donors (Lipinski definition) is 0. The number of carbonyl (C=O) groups is 1. The molecule has 0 saturated heterocycles. The number of carbonyl (C=O) groups excluding carboxylic acids is 1. The van der Waals surface area contributed by atoms with Crippen LogP contribution in [-0.4, -0.2) is 53.4 Å². The number of benzene rings is 1. The number of alkyl halides is 17. The number of hydrogen-bond acceptors (Lipinski definition) is 1. The van der Waals surface area contributed by atoms with E-state index in [0.29, 0.717) is 48.3 Å². The van der Waals surface area contributed by atoms with Crippen molar-refractivity contribution in [2.75, 3.05) is 0 Å². The lowest BCUT2D eigenvalue weighted by Crippen LogP contribution is -2.75. The molecule has 3 rings (SSSR count). The Morgan fingerprint density at radius 2 is 0.848 bits per heavy atom. The molecule has 0 unspecified atom stereocenters. The predicted octanol–water partition coefficient (Wildman–Crippen LogP) is 11.0. The largest absolute Gasteiger partial charge is 0.460 e. The molecule has 0 N–H and O–H groups in total. The van der Waals surface area contributed by atoms with Gasteiger partial charge in [-0.25, -0.2) is 0 Å². The van der Waals surface area contributed by atoms with E-state index in [2.05, 4.69) is 6.92 Å². The van der Waals surface area contributed by atoms with Crippen LogP contribution >= 0.6 is 0 Å². The fraction of sp³-hybridized carbons (Fsp3) is 0.750. The summed E-state index contributed by atoms with van der Waals surface area (Å²) in [6, 6.07) is 2.77. The first-order chi connectivity index (χ1) is 20.6. The molecule has 1 nitrogen and oxygen atoms in total. The van der Waals surface area contributed by atoms with Gasteiger partial charge in [0.25, 0.3) is 0 Å². The molecule has 264 valence electrons. The molecule has 0 atom stereocenters. The zero-order valence-electron chi connectivity index (χ0n) is 23.6. The summed E-state index contributed by atoms with van der Waals surface area (Å²) >= 11 is 0.